The Labute approximate surface area is 128 Å². The van der Waals surface area contributed by atoms with Gasteiger partial charge in [0.25, 0.3) is 0 Å². The van der Waals surface area contributed by atoms with Crippen molar-refractivity contribution in [2.75, 3.05) is 26.7 Å². The molecule has 0 aromatic rings. The molecule has 0 aromatic carbocycles. The molecule has 6 heteroatoms. The third-order valence-corrected chi connectivity index (χ3v) is 8.64. The molecule has 0 N–H and O–H groups in total. The lowest BCUT2D eigenvalue weighted by molar-refractivity contribution is -0.115. The fourth-order valence-corrected chi connectivity index (χ4v) is 2.57. The van der Waals surface area contributed by atoms with Crippen LogP contribution in [0.5, 0.6) is 0 Å². The average molecular weight is 310 g/mol. The van der Waals surface area contributed by atoms with Crippen molar-refractivity contribution < 1.29 is 14.0 Å². The molecule has 0 saturated heterocycles. The molecular weight excluding hydrogens is 284 g/mol. The van der Waals surface area contributed by atoms with Gasteiger partial charge in [-0.1, -0.05) is 20.8 Å². The summed E-state index contributed by atoms with van der Waals surface area (Å²) in [6, 6.07) is 0. The number of hydrogen-bond donors (Lipinski definition) is 0. The quantitative estimate of drug-likeness (QED) is 0.556. The Morgan fingerprint density at radius 1 is 1.43 bits per heavy atom. The molecule has 118 valence electrons. The summed E-state index contributed by atoms with van der Waals surface area (Å²) in [4.78, 5) is 28.3. The molecule has 0 aromatic heterocycles. The van der Waals surface area contributed by atoms with E-state index in [1.807, 2.05) is 0 Å². The molecule has 0 atom stereocenters. The number of nitrogens with zero attached hydrogens (tertiary/aromatic N) is 2. The Morgan fingerprint density at radius 3 is 2.57 bits per heavy atom. The largest absolute Gasteiger partial charge is 0.411 e. The Morgan fingerprint density at radius 2 is 2.05 bits per heavy atom. The van der Waals surface area contributed by atoms with Crippen LogP contribution in [0, 0.1) is 0 Å². The number of likely N-dealkylation sites (N-methyl/N-ethyl adjacent to an activating group) is 1. The first-order valence-electron chi connectivity index (χ1n) is 7.15. The third-order valence-electron chi connectivity index (χ3n) is 4.16. The van der Waals surface area contributed by atoms with Crippen LogP contribution in [0.15, 0.2) is 16.8 Å². The van der Waals surface area contributed by atoms with Gasteiger partial charge in [-0.05, 0) is 24.2 Å². The molecule has 1 aliphatic heterocycles. The van der Waals surface area contributed by atoms with Crippen molar-refractivity contribution in [2.45, 2.75) is 38.9 Å². The minimum absolute atomic E-state index is 0.0598. The number of dihydropyridines is 1. The second-order valence-electron chi connectivity index (χ2n) is 6.86. The normalized spacial score (nSPS) is 16.4. The highest BCUT2D eigenvalue weighted by Crippen LogP contribution is 2.36. The first kappa shape index (κ1) is 17.8. The molecule has 0 unspecified atom stereocenters. The molecule has 1 aliphatic rings. The van der Waals surface area contributed by atoms with Gasteiger partial charge in [0.1, 0.15) is 12.8 Å². The second-order valence-corrected chi connectivity index (χ2v) is 11.7. The van der Waals surface area contributed by atoms with E-state index in [1.54, 1.807) is 18.0 Å². The van der Waals surface area contributed by atoms with E-state index in [1.165, 1.54) is 0 Å². The van der Waals surface area contributed by atoms with Crippen LogP contribution in [0.25, 0.3) is 0 Å². The van der Waals surface area contributed by atoms with Crippen molar-refractivity contribution >= 4 is 26.1 Å². The summed E-state index contributed by atoms with van der Waals surface area (Å²) in [5.41, 5.74) is 1.30. The molecule has 5 nitrogen and oxygen atoms in total. The molecular formula is C15H26N2O3Si. The van der Waals surface area contributed by atoms with Crippen molar-refractivity contribution in [1.29, 1.82) is 0 Å². The first-order valence-corrected chi connectivity index (χ1v) is 10.1. The van der Waals surface area contributed by atoms with Crippen LogP contribution in [0.4, 0.5) is 0 Å². The van der Waals surface area contributed by atoms with Crippen molar-refractivity contribution in [3.8, 4) is 0 Å². The summed E-state index contributed by atoms with van der Waals surface area (Å²) in [6.07, 6.45) is 2.52. The molecule has 0 saturated carbocycles. The van der Waals surface area contributed by atoms with Gasteiger partial charge in [0.15, 0.2) is 14.1 Å². The van der Waals surface area contributed by atoms with Gasteiger partial charge in [0.05, 0.1) is 24.6 Å². The highest BCUT2D eigenvalue weighted by Gasteiger charge is 2.37. The van der Waals surface area contributed by atoms with Gasteiger partial charge in [0, 0.05) is 7.05 Å². The number of aldehydes is 1. The molecule has 1 rings (SSSR count). The van der Waals surface area contributed by atoms with Crippen molar-refractivity contribution in [3.63, 3.8) is 0 Å². The SMILES string of the molecule is CN(CC=O)C1=CC(CO[Si](C)(C)C(C)(C)C)=NCC1=O. The topological polar surface area (TPSA) is 59.0 Å². The second kappa shape index (κ2) is 6.66. The summed E-state index contributed by atoms with van der Waals surface area (Å²) < 4.78 is 6.12. The van der Waals surface area contributed by atoms with E-state index < -0.39 is 8.32 Å². The van der Waals surface area contributed by atoms with E-state index >= 15 is 0 Å². The zero-order valence-electron chi connectivity index (χ0n) is 13.9. The Kier molecular flexibility index (Phi) is 5.64. The van der Waals surface area contributed by atoms with Gasteiger partial charge < -0.3 is 14.1 Å². The van der Waals surface area contributed by atoms with Crippen molar-refractivity contribution in [2.24, 2.45) is 4.99 Å². The van der Waals surface area contributed by atoms with Crippen LogP contribution in [0.2, 0.25) is 18.1 Å². The Hall–Kier alpha value is -1.27. The lowest BCUT2D eigenvalue weighted by Crippen LogP contribution is -2.42. The Balaban J connectivity index is 2.77. The van der Waals surface area contributed by atoms with E-state index in [0.29, 0.717) is 12.3 Å². The number of carbonyl (C=O) groups is 2. The zero-order valence-corrected chi connectivity index (χ0v) is 14.9. The van der Waals surface area contributed by atoms with Crippen LogP contribution < -0.4 is 0 Å². The predicted octanol–water partition coefficient (Wildman–Crippen LogP) is 2.05. The summed E-state index contributed by atoms with van der Waals surface area (Å²) in [5, 5.41) is 0.138. The fourth-order valence-electron chi connectivity index (χ4n) is 1.63. The molecule has 0 fully saturated rings. The van der Waals surface area contributed by atoms with Crippen LogP contribution in [0.1, 0.15) is 20.8 Å². The zero-order chi connectivity index (χ0) is 16.3. The van der Waals surface area contributed by atoms with E-state index in [-0.39, 0.29) is 23.9 Å². The van der Waals surface area contributed by atoms with Gasteiger partial charge in [-0.25, -0.2) is 0 Å². The first-order chi connectivity index (χ1) is 9.58. The lowest BCUT2D eigenvalue weighted by Gasteiger charge is -2.36. The predicted molar refractivity (Wildman–Crippen MR) is 87.2 cm³/mol. The number of ketones is 1. The Bertz CT molecular complexity index is 476. The maximum absolute atomic E-state index is 11.9. The van der Waals surface area contributed by atoms with Crippen molar-refractivity contribution in [3.05, 3.63) is 11.8 Å². The number of hydrogen-bond acceptors (Lipinski definition) is 5. The van der Waals surface area contributed by atoms with Gasteiger partial charge in [0.2, 0.25) is 0 Å². The molecule has 0 radical (unpaired) electrons. The van der Waals surface area contributed by atoms with E-state index in [2.05, 4.69) is 38.9 Å². The number of carbonyl (C=O) groups excluding carboxylic acids is 2. The minimum atomic E-state index is -1.84. The number of aliphatic imine (C=N–C) groups is 1. The summed E-state index contributed by atoms with van der Waals surface area (Å²) in [7, 11) is -0.103. The number of rotatable bonds is 6. The van der Waals surface area contributed by atoms with E-state index in [0.717, 1.165) is 12.0 Å². The number of Topliss-reactive ketones (excluding diaryl/α,β-unsaturated/α-hetero) is 1. The summed E-state index contributed by atoms with van der Waals surface area (Å²) >= 11 is 0. The molecule has 0 amide bonds. The van der Waals surface area contributed by atoms with Crippen LogP contribution in [-0.4, -0.2) is 57.7 Å². The summed E-state index contributed by atoms with van der Waals surface area (Å²) in [6.45, 7) is 11.7. The highest BCUT2D eigenvalue weighted by molar-refractivity contribution is 6.74. The standard InChI is InChI=1S/C15H26N2O3Si/c1-15(2,3)21(5,6)20-11-12-9-13(14(19)10-16-12)17(4)7-8-18/h8-9H,7,10-11H2,1-6H3. The molecule has 21 heavy (non-hydrogen) atoms. The smallest absolute Gasteiger partial charge is 0.200 e. The maximum Gasteiger partial charge on any atom is 0.200 e. The van der Waals surface area contributed by atoms with E-state index in [4.69, 9.17) is 4.43 Å². The van der Waals surface area contributed by atoms with Gasteiger partial charge >= 0.3 is 0 Å². The van der Waals surface area contributed by atoms with E-state index in [9.17, 15) is 9.59 Å². The van der Waals surface area contributed by atoms with Crippen LogP contribution in [0.3, 0.4) is 0 Å². The molecule has 0 aliphatic carbocycles. The fraction of sp³-hybridized carbons (Fsp3) is 0.667. The van der Waals surface area contributed by atoms with Crippen LogP contribution >= 0.6 is 0 Å². The maximum atomic E-state index is 11.9. The lowest BCUT2D eigenvalue weighted by atomic mass is 10.1. The highest BCUT2D eigenvalue weighted by atomic mass is 28.4. The molecule has 1 heterocycles. The van der Waals surface area contributed by atoms with Crippen molar-refractivity contribution in [1.82, 2.24) is 4.90 Å². The summed E-state index contributed by atoms with van der Waals surface area (Å²) in [5.74, 6) is -0.0598. The average Bonchev–Trinajstić information content (AvgIpc) is 2.36. The monoisotopic (exact) mass is 310 g/mol. The van der Waals surface area contributed by atoms with Gasteiger partial charge in [-0.2, -0.15) is 0 Å². The third kappa shape index (κ3) is 4.61. The molecule has 0 spiro atoms. The van der Waals surface area contributed by atoms with Crippen LogP contribution in [-0.2, 0) is 14.0 Å². The van der Waals surface area contributed by atoms with Gasteiger partial charge in [-0.3, -0.25) is 9.79 Å². The van der Waals surface area contributed by atoms with Gasteiger partial charge in [-0.15, -0.1) is 0 Å². The molecule has 0 bridgehead atoms. The minimum Gasteiger partial charge on any atom is -0.411 e.